The highest BCUT2D eigenvalue weighted by atomic mass is 19.4. The van der Waals surface area contributed by atoms with Crippen molar-refractivity contribution in [1.29, 1.82) is 0 Å². The largest absolute Gasteiger partial charge is 0.416 e. The van der Waals surface area contributed by atoms with Crippen molar-refractivity contribution in [1.82, 2.24) is 34.6 Å². The van der Waals surface area contributed by atoms with E-state index in [9.17, 15) is 18.0 Å². The zero-order valence-corrected chi connectivity index (χ0v) is 17.2. The van der Waals surface area contributed by atoms with E-state index in [4.69, 9.17) is 0 Å². The molecule has 33 heavy (non-hydrogen) atoms. The molecule has 1 amide bonds. The van der Waals surface area contributed by atoms with E-state index in [-0.39, 0.29) is 12.2 Å². The number of nitrogens with one attached hydrogen (secondary N) is 1. The second-order valence-electron chi connectivity index (χ2n) is 7.33. The molecule has 4 heterocycles. The molecule has 4 aromatic heterocycles. The van der Waals surface area contributed by atoms with E-state index in [1.807, 2.05) is 0 Å². The van der Waals surface area contributed by atoms with Gasteiger partial charge in [-0.05, 0) is 42.5 Å². The summed E-state index contributed by atoms with van der Waals surface area (Å²) in [6.07, 6.45) is 0.501. The van der Waals surface area contributed by atoms with E-state index in [1.165, 1.54) is 12.1 Å². The van der Waals surface area contributed by atoms with Gasteiger partial charge in [0, 0.05) is 31.3 Å². The maximum absolute atomic E-state index is 13.0. The van der Waals surface area contributed by atoms with E-state index in [2.05, 4.69) is 25.4 Å². The SMILES string of the molecule is Cn1cc2c3nc(C(=O)NCc4ncccn4)ccc3n(-c3ccc(C(F)(F)F)cc3)c2n1. The number of pyridine rings is 1. The number of aromatic nitrogens is 6. The average Bonchev–Trinajstić information content (AvgIpc) is 3.32. The summed E-state index contributed by atoms with van der Waals surface area (Å²) >= 11 is 0. The van der Waals surface area contributed by atoms with Crippen molar-refractivity contribution >= 4 is 28.0 Å². The van der Waals surface area contributed by atoms with Crippen molar-refractivity contribution in [3.63, 3.8) is 0 Å². The minimum absolute atomic E-state index is 0.147. The lowest BCUT2D eigenvalue weighted by Gasteiger charge is -2.10. The zero-order chi connectivity index (χ0) is 23.2. The van der Waals surface area contributed by atoms with Crippen LogP contribution in [0.25, 0.3) is 27.8 Å². The van der Waals surface area contributed by atoms with Crippen molar-refractivity contribution in [3.05, 3.63) is 78.1 Å². The second-order valence-corrected chi connectivity index (χ2v) is 7.33. The Kier molecular flexibility index (Phi) is 4.81. The smallest absolute Gasteiger partial charge is 0.343 e. The number of carbonyl (C=O) groups excluding carboxylic acids is 1. The van der Waals surface area contributed by atoms with Gasteiger partial charge >= 0.3 is 6.18 Å². The number of halogens is 3. The van der Waals surface area contributed by atoms with Crippen LogP contribution in [0.15, 0.2) is 61.1 Å². The van der Waals surface area contributed by atoms with Crippen molar-refractivity contribution in [2.75, 3.05) is 0 Å². The molecule has 0 aliphatic heterocycles. The third-order valence-electron chi connectivity index (χ3n) is 5.10. The first kappa shape index (κ1) is 20.6. The van der Waals surface area contributed by atoms with Crippen LogP contribution in [0.4, 0.5) is 13.2 Å². The van der Waals surface area contributed by atoms with Gasteiger partial charge in [0.1, 0.15) is 17.0 Å². The summed E-state index contributed by atoms with van der Waals surface area (Å²) in [6.45, 7) is 0.147. The number of benzene rings is 1. The molecular formula is C22H16F3N7O. The van der Waals surface area contributed by atoms with Crippen LogP contribution in [-0.4, -0.2) is 35.2 Å². The fraction of sp³-hybridized carbons (Fsp3) is 0.136. The molecule has 8 nitrogen and oxygen atoms in total. The first-order valence-corrected chi connectivity index (χ1v) is 9.88. The van der Waals surface area contributed by atoms with Gasteiger partial charge in [0.15, 0.2) is 5.65 Å². The standard InChI is InChI=1S/C22H16F3N7O/c1-31-12-15-19-17(8-7-16(29-19)21(33)28-11-18-26-9-2-10-27-18)32(20(15)30-31)14-5-3-13(4-6-14)22(23,24)25/h2-10,12H,11H2,1H3,(H,28,33). The molecule has 1 N–H and O–H groups in total. The Labute approximate surface area is 184 Å². The molecule has 5 aromatic rings. The lowest BCUT2D eigenvalue weighted by Crippen LogP contribution is -2.24. The number of amides is 1. The van der Waals surface area contributed by atoms with Crippen LogP contribution in [0, 0.1) is 0 Å². The summed E-state index contributed by atoms with van der Waals surface area (Å²) in [5, 5.41) is 7.85. The van der Waals surface area contributed by atoms with E-state index in [1.54, 1.807) is 53.1 Å². The van der Waals surface area contributed by atoms with Gasteiger partial charge in [-0.2, -0.15) is 18.3 Å². The fourth-order valence-electron chi connectivity index (χ4n) is 3.61. The molecule has 0 spiro atoms. The molecule has 11 heteroatoms. The number of rotatable bonds is 4. The van der Waals surface area contributed by atoms with Crippen molar-refractivity contribution < 1.29 is 18.0 Å². The molecule has 0 fully saturated rings. The van der Waals surface area contributed by atoms with Crippen molar-refractivity contribution in [2.45, 2.75) is 12.7 Å². The first-order chi connectivity index (χ1) is 15.8. The molecular weight excluding hydrogens is 435 g/mol. The van der Waals surface area contributed by atoms with Gasteiger partial charge in [-0.3, -0.25) is 14.0 Å². The number of hydrogen-bond donors (Lipinski definition) is 1. The van der Waals surface area contributed by atoms with Crippen LogP contribution >= 0.6 is 0 Å². The van der Waals surface area contributed by atoms with Crippen LogP contribution in [-0.2, 0) is 19.8 Å². The van der Waals surface area contributed by atoms with Gasteiger partial charge < -0.3 is 5.32 Å². The average molecular weight is 451 g/mol. The zero-order valence-electron chi connectivity index (χ0n) is 17.2. The lowest BCUT2D eigenvalue weighted by atomic mass is 10.2. The number of hydrogen-bond acceptors (Lipinski definition) is 5. The summed E-state index contributed by atoms with van der Waals surface area (Å²) < 4.78 is 42.3. The maximum Gasteiger partial charge on any atom is 0.416 e. The summed E-state index contributed by atoms with van der Waals surface area (Å²) in [7, 11) is 1.74. The summed E-state index contributed by atoms with van der Waals surface area (Å²) in [4.78, 5) is 25.3. The van der Waals surface area contributed by atoms with Gasteiger partial charge in [0.05, 0.1) is 23.0 Å². The molecule has 0 unspecified atom stereocenters. The van der Waals surface area contributed by atoms with Gasteiger partial charge in [-0.15, -0.1) is 0 Å². The highest BCUT2D eigenvalue weighted by Crippen LogP contribution is 2.33. The minimum Gasteiger partial charge on any atom is -0.343 e. The van der Waals surface area contributed by atoms with Crippen LogP contribution in [0.2, 0.25) is 0 Å². The fourth-order valence-corrected chi connectivity index (χ4v) is 3.61. The van der Waals surface area contributed by atoms with Crippen molar-refractivity contribution in [3.8, 4) is 5.69 Å². The third kappa shape index (κ3) is 3.77. The second kappa shape index (κ2) is 7.69. The van der Waals surface area contributed by atoms with E-state index < -0.39 is 17.6 Å². The molecule has 1 aromatic carbocycles. The van der Waals surface area contributed by atoms with Crippen LogP contribution < -0.4 is 5.32 Å². The predicted molar refractivity (Wildman–Crippen MR) is 114 cm³/mol. The molecule has 0 saturated heterocycles. The molecule has 0 saturated carbocycles. The Morgan fingerprint density at radius 2 is 1.79 bits per heavy atom. The summed E-state index contributed by atoms with van der Waals surface area (Å²) in [6, 6.07) is 9.77. The molecule has 5 rings (SSSR count). The predicted octanol–water partition coefficient (Wildman–Crippen LogP) is 3.65. The Bertz CT molecular complexity index is 1470. The monoisotopic (exact) mass is 451 g/mol. The lowest BCUT2D eigenvalue weighted by molar-refractivity contribution is -0.137. The van der Waals surface area contributed by atoms with Gasteiger partial charge in [0.25, 0.3) is 5.91 Å². The Morgan fingerprint density at radius 3 is 2.48 bits per heavy atom. The highest BCUT2D eigenvalue weighted by molar-refractivity contribution is 6.07. The van der Waals surface area contributed by atoms with E-state index in [0.717, 1.165) is 12.1 Å². The van der Waals surface area contributed by atoms with E-state index in [0.29, 0.717) is 33.6 Å². The van der Waals surface area contributed by atoms with Crippen LogP contribution in [0.1, 0.15) is 21.9 Å². The van der Waals surface area contributed by atoms with Crippen LogP contribution in [0.5, 0.6) is 0 Å². The topological polar surface area (TPSA) is 90.5 Å². The van der Waals surface area contributed by atoms with Gasteiger partial charge in [-0.1, -0.05) is 0 Å². The number of alkyl halides is 3. The van der Waals surface area contributed by atoms with Gasteiger partial charge in [-0.25, -0.2) is 15.0 Å². The number of nitrogens with zero attached hydrogens (tertiary/aromatic N) is 6. The molecule has 0 bridgehead atoms. The Balaban J connectivity index is 1.55. The quantitative estimate of drug-likeness (QED) is 0.451. The van der Waals surface area contributed by atoms with Crippen molar-refractivity contribution in [2.24, 2.45) is 7.05 Å². The molecule has 0 aliphatic carbocycles. The molecule has 0 aliphatic rings. The summed E-state index contributed by atoms with van der Waals surface area (Å²) in [5.74, 6) is 0.0682. The highest BCUT2D eigenvalue weighted by Gasteiger charge is 2.30. The Morgan fingerprint density at radius 1 is 1.06 bits per heavy atom. The molecule has 0 radical (unpaired) electrons. The Hall–Kier alpha value is -4.28. The molecule has 0 atom stereocenters. The maximum atomic E-state index is 13.0. The van der Waals surface area contributed by atoms with E-state index >= 15 is 0 Å². The normalized spacial score (nSPS) is 11.9. The summed E-state index contributed by atoms with van der Waals surface area (Å²) in [5.41, 5.74) is 1.61. The first-order valence-electron chi connectivity index (χ1n) is 9.88. The number of fused-ring (bicyclic) bond motifs is 3. The minimum atomic E-state index is -4.42. The third-order valence-corrected chi connectivity index (χ3v) is 5.10. The molecule has 166 valence electrons. The number of aryl methyl sites for hydroxylation is 1. The number of carbonyl (C=O) groups is 1. The van der Waals surface area contributed by atoms with Crippen LogP contribution in [0.3, 0.4) is 0 Å². The van der Waals surface area contributed by atoms with Gasteiger partial charge in [0.2, 0.25) is 0 Å².